The maximum Gasteiger partial charge on any atom is 0.0966 e. The Morgan fingerprint density at radius 3 is 2.60 bits per heavy atom. The molecule has 3 N–H and O–H groups in total. The first-order valence-corrected chi connectivity index (χ1v) is 7.83. The predicted molar refractivity (Wildman–Crippen MR) is 78.0 cm³/mol. The highest BCUT2D eigenvalue weighted by Crippen LogP contribution is 2.38. The van der Waals surface area contributed by atoms with Gasteiger partial charge in [-0.3, -0.25) is 5.41 Å². The first kappa shape index (κ1) is 14.3. The number of nitrogens with one attached hydrogen (secondary N) is 1. The topological polar surface area (TPSA) is 71.6 Å². The Labute approximate surface area is 121 Å². The second-order valence-corrected chi connectivity index (χ2v) is 6.99. The first-order chi connectivity index (χ1) is 9.53. The fourth-order valence-corrected chi connectivity index (χ4v) is 3.83. The van der Waals surface area contributed by atoms with Crippen LogP contribution in [0.1, 0.15) is 39.0 Å². The number of ether oxygens (including phenoxy) is 2. The molecule has 0 aliphatic carbocycles. The van der Waals surface area contributed by atoms with Gasteiger partial charge in [-0.15, -0.1) is 0 Å². The number of nitrogens with zero attached hydrogens (tertiary/aromatic N) is 1. The fourth-order valence-electron chi connectivity index (χ4n) is 3.83. The second-order valence-electron chi connectivity index (χ2n) is 6.99. The van der Waals surface area contributed by atoms with Crippen LogP contribution in [0.2, 0.25) is 0 Å². The van der Waals surface area contributed by atoms with Crippen molar-refractivity contribution >= 4 is 5.84 Å². The van der Waals surface area contributed by atoms with E-state index in [0.717, 1.165) is 65.0 Å². The molecular weight excluding hydrogens is 254 g/mol. The van der Waals surface area contributed by atoms with Crippen LogP contribution in [0.25, 0.3) is 0 Å². The van der Waals surface area contributed by atoms with E-state index in [9.17, 15) is 0 Å². The molecule has 0 aromatic rings. The molecule has 0 bridgehead atoms. The molecule has 2 atom stereocenters. The molecule has 3 heterocycles. The molecule has 0 aromatic heterocycles. The van der Waals surface area contributed by atoms with E-state index in [2.05, 4.69) is 11.8 Å². The summed E-state index contributed by atoms with van der Waals surface area (Å²) in [6.07, 6.45) is 5.28. The SMILES string of the molecule is CC1(C(=N)N)CCN(C2CCOC3(CCOC3)C2)CC1. The summed E-state index contributed by atoms with van der Waals surface area (Å²) in [5, 5.41) is 7.75. The van der Waals surface area contributed by atoms with Crippen LogP contribution in [-0.4, -0.2) is 55.3 Å². The maximum absolute atomic E-state index is 7.75. The lowest BCUT2D eigenvalue weighted by atomic mass is 9.78. The minimum absolute atomic E-state index is 0.00968. The molecule has 3 aliphatic rings. The standard InChI is InChI=1S/C15H27N3O2/c1-14(13(16)17)3-6-18(7-4-14)12-2-8-20-15(10-12)5-9-19-11-15/h12H,2-11H2,1H3,(H3,16,17). The Hall–Kier alpha value is -0.650. The van der Waals surface area contributed by atoms with Gasteiger partial charge in [-0.1, -0.05) is 6.92 Å². The third-order valence-corrected chi connectivity index (χ3v) is 5.60. The first-order valence-electron chi connectivity index (χ1n) is 7.83. The summed E-state index contributed by atoms with van der Waals surface area (Å²) in [5.74, 6) is 0.352. The van der Waals surface area contributed by atoms with Gasteiger partial charge in [0.15, 0.2) is 0 Å². The molecule has 114 valence electrons. The van der Waals surface area contributed by atoms with E-state index >= 15 is 0 Å². The van der Waals surface area contributed by atoms with E-state index < -0.39 is 0 Å². The minimum atomic E-state index is -0.0875. The minimum Gasteiger partial charge on any atom is -0.387 e. The number of piperidine rings is 1. The molecule has 2 unspecified atom stereocenters. The van der Waals surface area contributed by atoms with Crippen LogP contribution in [-0.2, 0) is 9.47 Å². The average Bonchev–Trinajstić information content (AvgIpc) is 2.87. The van der Waals surface area contributed by atoms with Gasteiger partial charge in [0.05, 0.1) is 18.0 Å². The third kappa shape index (κ3) is 2.59. The van der Waals surface area contributed by atoms with Crippen molar-refractivity contribution in [3.63, 3.8) is 0 Å². The van der Waals surface area contributed by atoms with Crippen molar-refractivity contribution in [2.45, 2.75) is 50.7 Å². The Bertz CT molecular complexity index is 371. The third-order valence-electron chi connectivity index (χ3n) is 5.60. The molecule has 3 aliphatic heterocycles. The quantitative estimate of drug-likeness (QED) is 0.592. The zero-order valence-corrected chi connectivity index (χ0v) is 12.5. The number of rotatable bonds is 2. The number of amidine groups is 1. The summed E-state index contributed by atoms with van der Waals surface area (Å²) in [6, 6.07) is 0.613. The lowest BCUT2D eigenvalue weighted by molar-refractivity contribution is -0.109. The van der Waals surface area contributed by atoms with Gasteiger partial charge in [0.2, 0.25) is 0 Å². The van der Waals surface area contributed by atoms with Crippen molar-refractivity contribution in [2.24, 2.45) is 11.1 Å². The van der Waals surface area contributed by atoms with E-state index in [1.807, 2.05) is 0 Å². The molecule has 3 fully saturated rings. The zero-order valence-electron chi connectivity index (χ0n) is 12.5. The van der Waals surface area contributed by atoms with Gasteiger partial charge >= 0.3 is 0 Å². The fraction of sp³-hybridized carbons (Fsp3) is 0.933. The van der Waals surface area contributed by atoms with E-state index in [4.69, 9.17) is 20.6 Å². The Morgan fingerprint density at radius 1 is 1.25 bits per heavy atom. The number of hydrogen-bond donors (Lipinski definition) is 2. The van der Waals surface area contributed by atoms with E-state index in [1.54, 1.807) is 0 Å². The van der Waals surface area contributed by atoms with Crippen LogP contribution >= 0.6 is 0 Å². The Balaban J connectivity index is 1.59. The van der Waals surface area contributed by atoms with Crippen molar-refractivity contribution < 1.29 is 9.47 Å². The van der Waals surface area contributed by atoms with Gasteiger partial charge in [0.1, 0.15) is 0 Å². The van der Waals surface area contributed by atoms with Gasteiger partial charge in [-0.05, 0) is 38.8 Å². The van der Waals surface area contributed by atoms with E-state index in [1.165, 1.54) is 0 Å². The van der Waals surface area contributed by atoms with Crippen molar-refractivity contribution in [3.8, 4) is 0 Å². The predicted octanol–water partition coefficient (Wildman–Crippen LogP) is 1.36. The molecule has 1 spiro atoms. The van der Waals surface area contributed by atoms with Crippen molar-refractivity contribution in [3.05, 3.63) is 0 Å². The molecule has 5 nitrogen and oxygen atoms in total. The normalized spacial score (nSPS) is 38.1. The highest BCUT2D eigenvalue weighted by molar-refractivity contribution is 5.83. The van der Waals surface area contributed by atoms with Crippen LogP contribution in [0, 0.1) is 10.8 Å². The van der Waals surface area contributed by atoms with Crippen molar-refractivity contribution in [1.82, 2.24) is 4.90 Å². The van der Waals surface area contributed by atoms with Gasteiger partial charge in [0.25, 0.3) is 0 Å². The van der Waals surface area contributed by atoms with Gasteiger partial charge < -0.3 is 20.1 Å². The molecule has 3 saturated heterocycles. The molecular formula is C15H27N3O2. The summed E-state index contributed by atoms with van der Waals surface area (Å²) in [6.45, 7) is 6.70. The van der Waals surface area contributed by atoms with Crippen LogP contribution in [0.4, 0.5) is 0 Å². The molecule has 5 heteroatoms. The molecule has 20 heavy (non-hydrogen) atoms. The van der Waals surface area contributed by atoms with E-state index in [-0.39, 0.29) is 11.0 Å². The molecule has 0 radical (unpaired) electrons. The number of hydrogen-bond acceptors (Lipinski definition) is 4. The van der Waals surface area contributed by atoms with Crippen LogP contribution in [0.3, 0.4) is 0 Å². The van der Waals surface area contributed by atoms with Crippen molar-refractivity contribution in [1.29, 1.82) is 5.41 Å². The average molecular weight is 281 g/mol. The number of nitrogens with two attached hydrogens (primary N) is 1. The lowest BCUT2D eigenvalue weighted by Gasteiger charge is -2.46. The summed E-state index contributed by atoms with van der Waals surface area (Å²) in [5.41, 5.74) is 5.65. The van der Waals surface area contributed by atoms with Gasteiger partial charge in [0, 0.05) is 31.1 Å². The molecule has 0 amide bonds. The van der Waals surface area contributed by atoms with Crippen molar-refractivity contribution in [2.75, 3.05) is 32.9 Å². The maximum atomic E-state index is 7.75. The summed E-state index contributed by atoms with van der Waals surface area (Å²) in [7, 11) is 0. The largest absolute Gasteiger partial charge is 0.387 e. The highest BCUT2D eigenvalue weighted by atomic mass is 16.6. The molecule has 3 rings (SSSR count). The second kappa shape index (κ2) is 5.28. The monoisotopic (exact) mass is 281 g/mol. The Morgan fingerprint density at radius 2 is 2.00 bits per heavy atom. The smallest absolute Gasteiger partial charge is 0.0966 e. The van der Waals surface area contributed by atoms with Crippen LogP contribution in [0.5, 0.6) is 0 Å². The molecule has 0 aromatic carbocycles. The summed E-state index contributed by atoms with van der Waals surface area (Å²) in [4.78, 5) is 2.59. The Kier molecular flexibility index (Phi) is 3.77. The van der Waals surface area contributed by atoms with Gasteiger partial charge in [-0.25, -0.2) is 0 Å². The van der Waals surface area contributed by atoms with Crippen LogP contribution < -0.4 is 5.73 Å². The lowest BCUT2D eigenvalue weighted by Crippen LogP contribution is -2.53. The van der Waals surface area contributed by atoms with Gasteiger partial charge in [-0.2, -0.15) is 0 Å². The number of likely N-dealkylation sites (tertiary alicyclic amines) is 1. The zero-order chi connectivity index (χ0) is 14.2. The van der Waals surface area contributed by atoms with Crippen LogP contribution in [0.15, 0.2) is 0 Å². The molecule has 0 saturated carbocycles. The summed E-state index contributed by atoms with van der Waals surface area (Å²) < 4.78 is 11.6. The highest BCUT2D eigenvalue weighted by Gasteiger charge is 2.44. The summed E-state index contributed by atoms with van der Waals surface area (Å²) >= 11 is 0. The van der Waals surface area contributed by atoms with E-state index in [0.29, 0.717) is 11.9 Å².